The first-order valence-electron chi connectivity index (χ1n) is 7.05. The maximum Gasteiger partial charge on any atom is 0.416 e. The van der Waals surface area contributed by atoms with Crippen molar-refractivity contribution in [2.45, 2.75) is 19.0 Å². The van der Waals surface area contributed by atoms with E-state index in [4.69, 9.17) is 5.11 Å². The van der Waals surface area contributed by atoms with Crippen LogP contribution in [0.1, 0.15) is 27.9 Å². The van der Waals surface area contributed by atoms with Crippen molar-refractivity contribution in [2.24, 2.45) is 0 Å². The summed E-state index contributed by atoms with van der Waals surface area (Å²) >= 11 is 0. The molecule has 0 heterocycles. The van der Waals surface area contributed by atoms with Gasteiger partial charge in [0, 0.05) is 12.1 Å². The van der Waals surface area contributed by atoms with Gasteiger partial charge in [-0.15, -0.1) is 0 Å². The van der Waals surface area contributed by atoms with Crippen LogP contribution in [0, 0.1) is 0 Å². The summed E-state index contributed by atoms with van der Waals surface area (Å²) in [4.78, 5) is 22.7. The second-order valence-electron chi connectivity index (χ2n) is 5.13. The summed E-state index contributed by atoms with van der Waals surface area (Å²) in [5.41, 5.74) is 0.279. The van der Waals surface area contributed by atoms with Crippen LogP contribution in [0.4, 0.5) is 18.9 Å². The molecule has 126 valence electrons. The molecule has 2 aromatic rings. The minimum Gasteiger partial charge on any atom is -0.478 e. The number of aryl methyl sites for hydroxylation is 1. The van der Waals surface area contributed by atoms with Crippen molar-refractivity contribution in [1.29, 1.82) is 0 Å². The van der Waals surface area contributed by atoms with E-state index in [1.165, 1.54) is 30.3 Å². The topological polar surface area (TPSA) is 66.4 Å². The summed E-state index contributed by atoms with van der Waals surface area (Å²) in [5, 5.41) is 11.4. The number of anilines is 1. The monoisotopic (exact) mass is 337 g/mol. The van der Waals surface area contributed by atoms with Crippen LogP contribution in [-0.4, -0.2) is 17.0 Å². The second-order valence-corrected chi connectivity index (χ2v) is 5.13. The number of carboxylic acid groups (broad SMARTS) is 1. The summed E-state index contributed by atoms with van der Waals surface area (Å²) in [6, 6.07) is 10.4. The van der Waals surface area contributed by atoms with E-state index < -0.39 is 17.7 Å². The Morgan fingerprint density at radius 2 is 1.71 bits per heavy atom. The predicted molar refractivity (Wildman–Crippen MR) is 81.8 cm³/mol. The van der Waals surface area contributed by atoms with Gasteiger partial charge in [-0.25, -0.2) is 4.79 Å². The number of benzene rings is 2. The number of rotatable bonds is 5. The van der Waals surface area contributed by atoms with Crippen LogP contribution in [0.3, 0.4) is 0 Å². The molecule has 4 nitrogen and oxygen atoms in total. The lowest BCUT2D eigenvalue weighted by molar-refractivity contribution is -0.137. The van der Waals surface area contributed by atoms with E-state index in [1.807, 2.05) is 0 Å². The molecule has 0 saturated carbocycles. The van der Waals surface area contributed by atoms with E-state index in [1.54, 1.807) is 6.07 Å². The van der Waals surface area contributed by atoms with Crippen LogP contribution in [-0.2, 0) is 17.4 Å². The Morgan fingerprint density at radius 3 is 2.29 bits per heavy atom. The molecule has 24 heavy (non-hydrogen) atoms. The molecule has 2 rings (SSSR count). The molecule has 2 N–H and O–H groups in total. The van der Waals surface area contributed by atoms with E-state index in [9.17, 15) is 22.8 Å². The summed E-state index contributed by atoms with van der Waals surface area (Å²) in [6.45, 7) is 0. The van der Waals surface area contributed by atoms with Gasteiger partial charge in [0.2, 0.25) is 5.91 Å². The molecule has 0 atom stereocenters. The molecule has 0 saturated heterocycles. The van der Waals surface area contributed by atoms with Gasteiger partial charge < -0.3 is 10.4 Å². The van der Waals surface area contributed by atoms with Crippen LogP contribution in [0.25, 0.3) is 0 Å². The maximum atomic E-state index is 12.5. The molecule has 0 aromatic heterocycles. The van der Waals surface area contributed by atoms with E-state index in [2.05, 4.69) is 5.32 Å². The van der Waals surface area contributed by atoms with Gasteiger partial charge >= 0.3 is 12.1 Å². The van der Waals surface area contributed by atoms with Crippen LogP contribution in [0.2, 0.25) is 0 Å². The summed E-state index contributed by atoms with van der Waals surface area (Å²) in [7, 11) is 0. The Kier molecular flexibility index (Phi) is 5.23. The molecule has 0 fully saturated rings. The van der Waals surface area contributed by atoms with Crippen LogP contribution < -0.4 is 5.32 Å². The van der Waals surface area contributed by atoms with Crippen molar-refractivity contribution < 1.29 is 27.9 Å². The Balaban J connectivity index is 1.91. The van der Waals surface area contributed by atoms with Crippen molar-refractivity contribution in [3.05, 3.63) is 65.2 Å². The average Bonchev–Trinajstić information content (AvgIpc) is 2.53. The smallest absolute Gasteiger partial charge is 0.416 e. The molecule has 2 aromatic carbocycles. The quantitative estimate of drug-likeness (QED) is 0.867. The minimum absolute atomic E-state index is 0.0514. The first-order valence-corrected chi connectivity index (χ1v) is 7.05. The lowest BCUT2D eigenvalue weighted by atomic mass is 10.1. The van der Waals surface area contributed by atoms with Crippen molar-refractivity contribution in [1.82, 2.24) is 0 Å². The highest BCUT2D eigenvalue weighted by Crippen LogP contribution is 2.29. The zero-order chi connectivity index (χ0) is 17.7. The van der Waals surface area contributed by atoms with E-state index >= 15 is 0 Å². The number of carbonyl (C=O) groups excluding carboxylic acids is 1. The first kappa shape index (κ1) is 17.5. The Morgan fingerprint density at radius 1 is 1.04 bits per heavy atom. The zero-order valence-electron chi connectivity index (χ0n) is 12.4. The normalized spacial score (nSPS) is 11.1. The van der Waals surface area contributed by atoms with E-state index in [0.717, 1.165) is 12.1 Å². The standard InChI is InChI=1S/C17H14F3NO3/c18-17(19,20)13-7-4-11(5-8-13)6-9-15(22)21-14-3-1-2-12(10-14)16(23)24/h1-5,7-8,10H,6,9H2,(H,21,22)(H,23,24). The van der Waals surface area contributed by atoms with Crippen molar-refractivity contribution in [3.63, 3.8) is 0 Å². The lowest BCUT2D eigenvalue weighted by Crippen LogP contribution is -2.13. The van der Waals surface area contributed by atoms with E-state index in [-0.39, 0.29) is 24.3 Å². The van der Waals surface area contributed by atoms with E-state index in [0.29, 0.717) is 11.3 Å². The van der Waals surface area contributed by atoms with Crippen molar-refractivity contribution in [3.8, 4) is 0 Å². The van der Waals surface area contributed by atoms with Crippen LogP contribution in [0.5, 0.6) is 0 Å². The number of hydrogen-bond acceptors (Lipinski definition) is 2. The molecule has 0 radical (unpaired) electrons. The number of carboxylic acids is 1. The van der Waals surface area contributed by atoms with Crippen LogP contribution >= 0.6 is 0 Å². The number of aromatic carboxylic acids is 1. The molecule has 0 bridgehead atoms. The van der Waals surface area contributed by atoms with Gasteiger partial charge in [-0.2, -0.15) is 13.2 Å². The average molecular weight is 337 g/mol. The molecule has 0 aliphatic heterocycles. The number of alkyl halides is 3. The fourth-order valence-corrected chi connectivity index (χ4v) is 2.07. The number of nitrogens with one attached hydrogen (secondary N) is 1. The van der Waals surface area contributed by atoms with Gasteiger partial charge in [0.15, 0.2) is 0 Å². The lowest BCUT2D eigenvalue weighted by Gasteiger charge is -2.08. The van der Waals surface area contributed by atoms with Gasteiger partial charge in [0.05, 0.1) is 11.1 Å². The predicted octanol–water partition coefficient (Wildman–Crippen LogP) is 3.97. The summed E-state index contributed by atoms with van der Waals surface area (Å²) in [5.74, 6) is -1.45. The van der Waals surface area contributed by atoms with Gasteiger partial charge in [0.1, 0.15) is 0 Å². The fraction of sp³-hybridized carbons (Fsp3) is 0.176. The highest BCUT2D eigenvalue weighted by Gasteiger charge is 2.29. The summed E-state index contributed by atoms with van der Waals surface area (Å²) < 4.78 is 37.4. The fourth-order valence-electron chi connectivity index (χ4n) is 2.07. The van der Waals surface area contributed by atoms with Crippen molar-refractivity contribution >= 4 is 17.6 Å². The Hall–Kier alpha value is -2.83. The molecule has 0 aliphatic carbocycles. The van der Waals surface area contributed by atoms with Crippen molar-refractivity contribution in [2.75, 3.05) is 5.32 Å². The molecule has 1 amide bonds. The van der Waals surface area contributed by atoms with Gasteiger partial charge in [-0.1, -0.05) is 18.2 Å². The third-order valence-electron chi connectivity index (χ3n) is 3.32. The Labute approximate surface area is 135 Å². The SMILES string of the molecule is O=C(CCc1ccc(C(F)(F)F)cc1)Nc1cccc(C(=O)O)c1. The minimum atomic E-state index is -4.38. The van der Waals surface area contributed by atoms with Gasteiger partial charge in [0.25, 0.3) is 0 Å². The number of halogens is 3. The first-order chi connectivity index (χ1) is 11.3. The molecule has 0 unspecified atom stereocenters. The molecular formula is C17H14F3NO3. The molecule has 0 spiro atoms. The van der Waals surface area contributed by atoms with Gasteiger partial charge in [-0.05, 0) is 42.3 Å². The number of amides is 1. The Bertz CT molecular complexity index is 739. The highest BCUT2D eigenvalue weighted by atomic mass is 19.4. The summed E-state index contributed by atoms with van der Waals surface area (Å²) in [6.07, 6.45) is -4.03. The van der Waals surface area contributed by atoms with Crippen LogP contribution in [0.15, 0.2) is 48.5 Å². The largest absolute Gasteiger partial charge is 0.478 e. The second kappa shape index (κ2) is 7.16. The van der Waals surface area contributed by atoms with Gasteiger partial charge in [-0.3, -0.25) is 4.79 Å². The highest BCUT2D eigenvalue weighted by molar-refractivity contribution is 5.93. The molecular weight excluding hydrogens is 323 g/mol. The number of carbonyl (C=O) groups is 2. The third kappa shape index (κ3) is 4.84. The molecule has 7 heteroatoms. The zero-order valence-corrected chi connectivity index (χ0v) is 12.4. The number of hydrogen-bond donors (Lipinski definition) is 2. The third-order valence-corrected chi connectivity index (χ3v) is 3.32. The maximum absolute atomic E-state index is 12.5. The molecule has 0 aliphatic rings.